The third-order valence-corrected chi connectivity index (χ3v) is 2.69. The van der Waals surface area contributed by atoms with Gasteiger partial charge in [0.15, 0.2) is 0 Å². The Balaban J connectivity index is 2.36. The van der Waals surface area contributed by atoms with Crippen LogP contribution in [0.4, 0.5) is 0 Å². The molecule has 1 aromatic rings. The van der Waals surface area contributed by atoms with Crippen molar-refractivity contribution < 1.29 is 14.3 Å². The molecule has 18 heavy (non-hydrogen) atoms. The molecule has 98 valence electrons. The number of hydrogen-bond acceptors (Lipinski definition) is 3. The number of ether oxygens (including phenoxy) is 1. The Labute approximate surface area is 115 Å². The number of carbonyl (C=O) groups excluding carboxylic acids is 2. The molecule has 0 saturated carbocycles. The predicted octanol–water partition coefficient (Wildman–Crippen LogP) is 2.56. The summed E-state index contributed by atoms with van der Waals surface area (Å²) in [7, 11) is 0. The van der Waals surface area contributed by atoms with Crippen molar-refractivity contribution in [2.45, 2.75) is 20.0 Å². The van der Waals surface area contributed by atoms with Crippen LogP contribution in [-0.2, 0) is 20.9 Å². The third-order valence-electron chi connectivity index (χ3n) is 2.11. The number of nitrogens with one attached hydrogen (secondary N) is 1. The van der Waals surface area contributed by atoms with Crippen LogP contribution in [-0.4, -0.2) is 18.4 Å². The highest BCUT2D eigenvalue weighted by Crippen LogP contribution is 2.21. The molecule has 0 unspecified atom stereocenters. The highest BCUT2D eigenvalue weighted by Gasteiger charge is 2.06. The van der Waals surface area contributed by atoms with Gasteiger partial charge in [-0.05, 0) is 12.1 Å². The number of hydrogen-bond donors (Lipinski definition) is 1. The smallest absolute Gasteiger partial charge is 0.307 e. The van der Waals surface area contributed by atoms with Crippen LogP contribution >= 0.6 is 23.2 Å². The topological polar surface area (TPSA) is 55.4 Å². The molecular weight excluding hydrogens is 277 g/mol. The van der Waals surface area contributed by atoms with Crippen molar-refractivity contribution in [3.05, 3.63) is 33.8 Å². The number of carbonyl (C=O) groups is 2. The molecule has 1 aromatic carbocycles. The highest BCUT2D eigenvalue weighted by molar-refractivity contribution is 6.35. The molecule has 0 heterocycles. The maximum absolute atomic E-state index is 11.3. The lowest BCUT2D eigenvalue weighted by atomic mass is 10.2. The summed E-state index contributed by atoms with van der Waals surface area (Å²) >= 11 is 11.7. The van der Waals surface area contributed by atoms with Crippen molar-refractivity contribution in [1.82, 2.24) is 5.32 Å². The van der Waals surface area contributed by atoms with E-state index in [2.05, 4.69) is 5.32 Å². The van der Waals surface area contributed by atoms with Crippen LogP contribution in [0.1, 0.15) is 18.9 Å². The van der Waals surface area contributed by atoms with Crippen molar-refractivity contribution in [2.24, 2.45) is 0 Å². The quantitative estimate of drug-likeness (QED) is 0.848. The third kappa shape index (κ3) is 5.38. The Kier molecular flexibility index (Phi) is 5.95. The molecule has 0 radical (unpaired) electrons. The lowest BCUT2D eigenvalue weighted by molar-refractivity contribution is -0.144. The Bertz CT molecular complexity index is 449. The van der Waals surface area contributed by atoms with Crippen molar-refractivity contribution in [2.75, 3.05) is 6.54 Å². The second-order valence-electron chi connectivity index (χ2n) is 3.63. The molecular formula is C12H13Cl2NO3. The zero-order valence-corrected chi connectivity index (χ0v) is 11.3. The molecule has 0 aliphatic heterocycles. The zero-order chi connectivity index (χ0) is 13.5. The first-order chi connectivity index (χ1) is 8.49. The van der Waals surface area contributed by atoms with Gasteiger partial charge in [-0.3, -0.25) is 9.59 Å². The average Bonchev–Trinajstić information content (AvgIpc) is 2.27. The molecule has 0 bridgehead atoms. The van der Waals surface area contributed by atoms with E-state index < -0.39 is 5.97 Å². The molecule has 0 atom stereocenters. The molecule has 0 spiro atoms. The lowest BCUT2D eigenvalue weighted by Gasteiger charge is -2.07. The molecule has 1 amide bonds. The van der Waals surface area contributed by atoms with E-state index in [1.807, 2.05) is 0 Å². The second kappa shape index (κ2) is 7.24. The summed E-state index contributed by atoms with van der Waals surface area (Å²) in [5.41, 5.74) is 0.689. The Morgan fingerprint density at radius 2 is 2.06 bits per heavy atom. The molecule has 0 aliphatic rings. The van der Waals surface area contributed by atoms with Crippen molar-refractivity contribution >= 4 is 35.1 Å². The fourth-order valence-electron chi connectivity index (χ4n) is 1.21. The summed E-state index contributed by atoms with van der Waals surface area (Å²) in [6.07, 6.45) is 0.130. The molecule has 1 N–H and O–H groups in total. The lowest BCUT2D eigenvalue weighted by Crippen LogP contribution is -2.23. The minimum atomic E-state index is -0.394. The molecule has 0 aromatic heterocycles. The van der Waals surface area contributed by atoms with Gasteiger partial charge in [0.25, 0.3) is 0 Å². The number of amides is 1. The van der Waals surface area contributed by atoms with Gasteiger partial charge in [-0.1, -0.05) is 29.3 Å². The molecule has 0 aliphatic carbocycles. The van der Waals surface area contributed by atoms with Crippen LogP contribution < -0.4 is 5.32 Å². The van der Waals surface area contributed by atoms with Crippen LogP contribution in [0.2, 0.25) is 10.0 Å². The summed E-state index contributed by atoms with van der Waals surface area (Å²) in [5.74, 6) is -0.571. The minimum Gasteiger partial charge on any atom is -0.461 e. The summed E-state index contributed by atoms with van der Waals surface area (Å²) in [4.78, 5) is 21.9. The van der Waals surface area contributed by atoms with Gasteiger partial charge in [0, 0.05) is 29.1 Å². The molecule has 6 heteroatoms. The monoisotopic (exact) mass is 289 g/mol. The largest absolute Gasteiger partial charge is 0.461 e. The van der Waals surface area contributed by atoms with Crippen LogP contribution in [0, 0.1) is 0 Å². The first kappa shape index (κ1) is 14.8. The van der Waals surface area contributed by atoms with Gasteiger partial charge in [0.2, 0.25) is 5.91 Å². The zero-order valence-electron chi connectivity index (χ0n) is 9.83. The van der Waals surface area contributed by atoms with Gasteiger partial charge in [-0.2, -0.15) is 0 Å². The van der Waals surface area contributed by atoms with E-state index >= 15 is 0 Å². The van der Waals surface area contributed by atoms with Gasteiger partial charge in [-0.15, -0.1) is 0 Å². The van der Waals surface area contributed by atoms with E-state index in [1.54, 1.807) is 18.2 Å². The number of esters is 1. The van der Waals surface area contributed by atoms with Gasteiger partial charge in [0.05, 0.1) is 6.42 Å². The van der Waals surface area contributed by atoms with Crippen LogP contribution in [0.25, 0.3) is 0 Å². The van der Waals surface area contributed by atoms with Gasteiger partial charge < -0.3 is 10.1 Å². The normalized spacial score (nSPS) is 9.94. The fourth-order valence-corrected chi connectivity index (χ4v) is 1.67. The van der Waals surface area contributed by atoms with Gasteiger partial charge in [0.1, 0.15) is 6.61 Å². The van der Waals surface area contributed by atoms with E-state index in [0.717, 1.165) is 0 Å². The van der Waals surface area contributed by atoms with E-state index in [1.165, 1.54) is 6.92 Å². The number of rotatable bonds is 5. The highest BCUT2D eigenvalue weighted by atomic mass is 35.5. The predicted molar refractivity (Wildman–Crippen MR) is 69.6 cm³/mol. The van der Waals surface area contributed by atoms with E-state index in [0.29, 0.717) is 15.6 Å². The molecule has 1 rings (SSSR count). The van der Waals surface area contributed by atoms with Crippen LogP contribution in [0.5, 0.6) is 0 Å². The first-order valence-electron chi connectivity index (χ1n) is 5.33. The summed E-state index contributed by atoms with van der Waals surface area (Å²) < 4.78 is 5.01. The SMILES string of the molecule is CC(=O)NCCC(=O)OCc1ccc(Cl)cc1Cl. The van der Waals surface area contributed by atoms with Crippen LogP contribution in [0.3, 0.4) is 0 Å². The number of halogens is 2. The van der Waals surface area contributed by atoms with E-state index in [4.69, 9.17) is 27.9 Å². The molecule has 0 fully saturated rings. The van der Waals surface area contributed by atoms with Crippen molar-refractivity contribution in [3.8, 4) is 0 Å². The Morgan fingerprint density at radius 3 is 2.67 bits per heavy atom. The van der Waals surface area contributed by atoms with Gasteiger partial charge in [-0.25, -0.2) is 0 Å². The Hall–Kier alpha value is -1.26. The van der Waals surface area contributed by atoms with E-state index in [9.17, 15) is 9.59 Å². The second-order valence-corrected chi connectivity index (χ2v) is 4.47. The minimum absolute atomic E-state index is 0.0922. The number of benzene rings is 1. The van der Waals surface area contributed by atoms with Crippen LogP contribution in [0.15, 0.2) is 18.2 Å². The molecule has 0 saturated heterocycles. The van der Waals surface area contributed by atoms with E-state index in [-0.39, 0.29) is 25.5 Å². The maximum Gasteiger partial charge on any atom is 0.307 e. The molecule has 4 nitrogen and oxygen atoms in total. The summed E-state index contributed by atoms with van der Waals surface area (Å²) in [5, 5.41) is 3.49. The Morgan fingerprint density at radius 1 is 1.33 bits per heavy atom. The average molecular weight is 290 g/mol. The standard InChI is InChI=1S/C12H13Cl2NO3/c1-8(16)15-5-4-12(17)18-7-9-2-3-10(13)6-11(9)14/h2-3,6H,4-5,7H2,1H3,(H,15,16). The van der Waals surface area contributed by atoms with Crippen molar-refractivity contribution in [1.29, 1.82) is 0 Å². The fraction of sp³-hybridized carbons (Fsp3) is 0.333. The maximum atomic E-state index is 11.3. The summed E-state index contributed by atoms with van der Waals surface area (Å²) in [6, 6.07) is 4.96. The van der Waals surface area contributed by atoms with Gasteiger partial charge >= 0.3 is 5.97 Å². The van der Waals surface area contributed by atoms with Crippen molar-refractivity contribution in [3.63, 3.8) is 0 Å². The summed E-state index contributed by atoms with van der Waals surface area (Å²) in [6.45, 7) is 1.75. The first-order valence-corrected chi connectivity index (χ1v) is 6.08.